The molecule has 11 heteroatoms. The van der Waals surface area contributed by atoms with Crippen LogP contribution in [0.1, 0.15) is 5.56 Å². The molecule has 4 aromatic rings. The van der Waals surface area contributed by atoms with Crippen LogP contribution < -0.4 is 15.9 Å². The van der Waals surface area contributed by atoms with Gasteiger partial charge in [0.1, 0.15) is 6.54 Å². The summed E-state index contributed by atoms with van der Waals surface area (Å²) in [4.78, 5) is 17.0. The summed E-state index contributed by atoms with van der Waals surface area (Å²) in [5.41, 5.74) is 10.2. The molecule has 0 aliphatic carbocycles. The van der Waals surface area contributed by atoms with Crippen LogP contribution >= 0.6 is 0 Å². The SMILES string of the molecule is COc1cccc(/C=N\NC(=O)Cn2c(-c3nonc3N)nc3ccccc32)c1O. The van der Waals surface area contributed by atoms with Gasteiger partial charge in [-0.2, -0.15) is 5.10 Å². The number of nitrogens with zero attached hydrogens (tertiary/aromatic N) is 5. The third-order valence-corrected chi connectivity index (χ3v) is 4.32. The minimum Gasteiger partial charge on any atom is -0.504 e. The number of aromatic hydroxyl groups is 1. The van der Waals surface area contributed by atoms with Crippen molar-refractivity contribution in [3.8, 4) is 23.0 Å². The van der Waals surface area contributed by atoms with E-state index in [1.165, 1.54) is 13.3 Å². The number of fused-ring (bicyclic) bond motifs is 1. The summed E-state index contributed by atoms with van der Waals surface area (Å²) < 4.78 is 11.3. The predicted octanol–water partition coefficient (Wildman–Crippen LogP) is 1.53. The summed E-state index contributed by atoms with van der Waals surface area (Å²) in [7, 11) is 1.45. The zero-order valence-electron chi connectivity index (χ0n) is 15.8. The van der Waals surface area contributed by atoms with Crippen LogP contribution in [0.2, 0.25) is 0 Å². The number of hydrazone groups is 1. The lowest BCUT2D eigenvalue weighted by Gasteiger charge is -2.07. The molecule has 2 aromatic heterocycles. The van der Waals surface area contributed by atoms with E-state index < -0.39 is 5.91 Å². The molecule has 0 atom stereocenters. The molecule has 4 rings (SSSR count). The molecule has 0 fully saturated rings. The lowest BCUT2D eigenvalue weighted by Crippen LogP contribution is -2.23. The fourth-order valence-electron chi connectivity index (χ4n) is 2.93. The van der Waals surface area contributed by atoms with Crippen molar-refractivity contribution in [3.63, 3.8) is 0 Å². The number of aromatic nitrogens is 4. The Kier molecular flexibility index (Phi) is 4.99. The first kappa shape index (κ1) is 18.9. The van der Waals surface area contributed by atoms with Crippen molar-refractivity contribution >= 4 is 29.0 Å². The fraction of sp³-hybridized carbons (Fsp3) is 0.105. The highest BCUT2D eigenvalue weighted by Gasteiger charge is 2.20. The van der Waals surface area contributed by atoms with Gasteiger partial charge in [0.25, 0.3) is 5.91 Å². The highest BCUT2D eigenvalue weighted by molar-refractivity contribution is 5.87. The molecule has 0 aliphatic heterocycles. The maximum atomic E-state index is 12.5. The lowest BCUT2D eigenvalue weighted by atomic mass is 10.2. The van der Waals surface area contributed by atoms with Gasteiger partial charge in [0.15, 0.2) is 28.8 Å². The number of hydrogen-bond acceptors (Lipinski definition) is 9. The standard InChI is InChI=1S/C19H17N7O4/c1-29-14-8-4-5-11(17(14)28)9-21-23-15(27)10-26-13-7-3-2-6-12(13)22-19(26)16-18(20)25-30-24-16/h2-9,28H,10H2,1H3,(H2,20,25)(H,23,27)/b21-9-. The van der Waals surface area contributed by atoms with Crippen molar-refractivity contribution in [1.29, 1.82) is 0 Å². The molecule has 0 radical (unpaired) electrons. The second-order valence-corrected chi connectivity index (χ2v) is 6.20. The Labute approximate surface area is 169 Å². The van der Waals surface area contributed by atoms with Gasteiger partial charge >= 0.3 is 0 Å². The smallest absolute Gasteiger partial charge is 0.260 e. The summed E-state index contributed by atoms with van der Waals surface area (Å²) in [6, 6.07) is 12.2. The van der Waals surface area contributed by atoms with Crippen molar-refractivity contribution in [2.24, 2.45) is 5.10 Å². The molecule has 0 bridgehead atoms. The van der Waals surface area contributed by atoms with Crippen LogP contribution in [0.4, 0.5) is 5.82 Å². The summed E-state index contributed by atoms with van der Waals surface area (Å²) >= 11 is 0. The van der Waals surface area contributed by atoms with Gasteiger partial charge in [0.2, 0.25) is 0 Å². The summed E-state index contributed by atoms with van der Waals surface area (Å²) in [6.07, 6.45) is 1.32. The maximum Gasteiger partial charge on any atom is 0.260 e. The van der Waals surface area contributed by atoms with E-state index in [0.717, 1.165) is 0 Å². The zero-order valence-corrected chi connectivity index (χ0v) is 15.8. The number of imidazole rings is 1. The van der Waals surface area contributed by atoms with Gasteiger partial charge in [0.05, 0.1) is 24.4 Å². The number of nitrogens with two attached hydrogens (primary N) is 1. The second-order valence-electron chi connectivity index (χ2n) is 6.20. The number of phenolic OH excluding ortho intramolecular Hbond substituents is 1. The van der Waals surface area contributed by atoms with E-state index in [-0.39, 0.29) is 23.8 Å². The van der Waals surface area contributed by atoms with Gasteiger partial charge in [-0.3, -0.25) is 4.79 Å². The lowest BCUT2D eigenvalue weighted by molar-refractivity contribution is -0.121. The van der Waals surface area contributed by atoms with Gasteiger partial charge in [-0.1, -0.05) is 18.2 Å². The number of para-hydroxylation sites is 3. The fourth-order valence-corrected chi connectivity index (χ4v) is 2.93. The molecule has 0 unspecified atom stereocenters. The van der Waals surface area contributed by atoms with Crippen LogP contribution in [0, 0.1) is 0 Å². The number of anilines is 1. The number of amides is 1. The number of carbonyl (C=O) groups excluding carboxylic acids is 1. The van der Waals surface area contributed by atoms with Gasteiger partial charge in [0, 0.05) is 5.56 Å². The summed E-state index contributed by atoms with van der Waals surface area (Å²) in [6.45, 7) is -0.108. The Bertz CT molecular complexity index is 1240. The normalized spacial score (nSPS) is 11.2. The molecule has 2 heterocycles. The Morgan fingerprint density at radius 2 is 2.13 bits per heavy atom. The van der Waals surface area contributed by atoms with Crippen LogP contribution in [-0.2, 0) is 11.3 Å². The molecule has 0 saturated heterocycles. The molecule has 11 nitrogen and oxygen atoms in total. The minimum atomic E-state index is -0.423. The van der Waals surface area contributed by atoms with E-state index in [0.29, 0.717) is 28.2 Å². The molecule has 30 heavy (non-hydrogen) atoms. The molecule has 0 saturated carbocycles. The molecule has 152 valence electrons. The van der Waals surface area contributed by atoms with Crippen LogP contribution in [0.15, 0.2) is 52.2 Å². The van der Waals surface area contributed by atoms with E-state index in [2.05, 4.69) is 30.5 Å². The van der Waals surface area contributed by atoms with Crippen molar-refractivity contribution in [1.82, 2.24) is 25.3 Å². The van der Waals surface area contributed by atoms with Crippen molar-refractivity contribution in [2.45, 2.75) is 6.54 Å². The molecule has 2 aromatic carbocycles. The van der Waals surface area contributed by atoms with Crippen LogP contribution in [-0.4, -0.2) is 44.2 Å². The number of nitrogens with one attached hydrogen (secondary N) is 1. The monoisotopic (exact) mass is 407 g/mol. The average molecular weight is 407 g/mol. The minimum absolute atomic E-state index is 0.0680. The highest BCUT2D eigenvalue weighted by Crippen LogP contribution is 2.28. The first-order valence-electron chi connectivity index (χ1n) is 8.80. The molecule has 0 aliphatic rings. The Hall–Kier alpha value is -4.41. The highest BCUT2D eigenvalue weighted by atomic mass is 16.6. The Balaban J connectivity index is 1.57. The quantitative estimate of drug-likeness (QED) is 0.321. The third kappa shape index (κ3) is 3.51. The zero-order chi connectivity index (χ0) is 21.1. The maximum absolute atomic E-state index is 12.5. The number of ether oxygens (including phenoxy) is 1. The summed E-state index contributed by atoms with van der Waals surface area (Å²) in [5.74, 6) is 0.222. The topological polar surface area (TPSA) is 154 Å². The third-order valence-electron chi connectivity index (χ3n) is 4.32. The Morgan fingerprint density at radius 3 is 2.90 bits per heavy atom. The van der Waals surface area contributed by atoms with E-state index >= 15 is 0 Å². The van der Waals surface area contributed by atoms with E-state index in [9.17, 15) is 9.90 Å². The predicted molar refractivity (Wildman–Crippen MR) is 108 cm³/mol. The average Bonchev–Trinajstić information content (AvgIpc) is 3.32. The number of methoxy groups -OCH3 is 1. The van der Waals surface area contributed by atoms with E-state index in [1.807, 2.05) is 18.2 Å². The number of carbonyl (C=O) groups is 1. The first-order valence-corrected chi connectivity index (χ1v) is 8.80. The van der Waals surface area contributed by atoms with Gasteiger partial charge in [-0.05, 0) is 34.6 Å². The largest absolute Gasteiger partial charge is 0.504 e. The van der Waals surface area contributed by atoms with E-state index in [4.69, 9.17) is 10.5 Å². The van der Waals surface area contributed by atoms with Crippen molar-refractivity contribution in [3.05, 3.63) is 48.0 Å². The Morgan fingerprint density at radius 1 is 1.30 bits per heavy atom. The number of nitrogen functional groups attached to an aromatic ring is 1. The first-order chi connectivity index (χ1) is 14.6. The van der Waals surface area contributed by atoms with Gasteiger partial charge in [-0.25, -0.2) is 15.0 Å². The number of benzene rings is 2. The molecule has 4 N–H and O–H groups in total. The molecular formula is C19H17N7O4. The van der Waals surface area contributed by atoms with Gasteiger partial charge in [-0.15, -0.1) is 0 Å². The second kappa shape index (κ2) is 7.91. The van der Waals surface area contributed by atoms with Crippen LogP contribution in [0.25, 0.3) is 22.6 Å². The number of phenols is 1. The summed E-state index contributed by atoms with van der Waals surface area (Å²) in [5, 5.41) is 21.3. The van der Waals surface area contributed by atoms with Crippen molar-refractivity contribution in [2.75, 3.05) is 12.8 Å². The van der Waals surface area contributed by atoms with Crippen LogP contribution in [0.5, 0.6) is 11.5 Å². The van der Waals surface area contributed by atoms with Gasteiger partial charge < -0.3 is 20.1 Å². The molecule has 1 amide bonds. The van der Waals surface area contributed by atoms with E-state index in [1.54, 1.807) is 28.8 Å². The van der Waals surface area contributed by atoms with Crippen molar-refractivity contribution < 1.29 is 19.3 Å². The number of rotatable bonds is 6. The molecule has 0 spiro atoms. The molecular weight excluding hydrogens is 390 g/mol. The van der Waals surface area contributed by atoms with Crippen LogP contribution in [0.3, 0.4) is 0 Å². The number of hydrogen-bond donors (Lipinski definition) is 3.